The highest BCUT2D eigenvalue weighted by Crippen LogP contribution is 2.35. The maximum absolute atomic E-state index is 13.3. The van der Waals surface area contributed by atoms with Gasteiger partial charge in [0, 0.05) is 23.4 Å². The van der Waals surface area contributed by atoms with Gasteiger partial charge in [0.2, 0.25) is 5.91 Å². The van der Waals surface area contributed by atoms with Crippen LogP contribution in [-0.2, 0) is 11.2 Å². The second kappa shape index (κ2) is 9.15. The topological polar surface area (TPSA) is 82.5 Å². The molecule has 5 rings (SSSR count). The first-order valence-corrected chi connectivity index (χ1v) is 12.6. The third-order valence-electron chi connectivity index (χ3n) is 5.33. The van der Waals surface area contributed by atoms with E-state index in [-0.39, 0.29) is 17.2 Å². The number of nitrogens with zero attached hydrogens (tertiary/aromatic N) is 2. The number of aromatic nitrogens is 2. The molecular formula is C24H23N3O4S2. The van der Waals surface area contributed by atoms with Crippen LogP contribution in [0.2, 0.25) is 0 Å². The van der Waals surface area contributed by atoms with Crippen LogP contribution in [0.1, 0.15) is 18.2 Å². The molecule has 2 aromatic carbocycles. The van der Waals surface area contributed by atoms with Gasteiger partial charge in [0.05, 0.1) is 22.0 Å². The molecule has 0 aliphatic carbocycles. The fourth-order valence-corrected chi connectivity index (χ4v) is 5.69. The summed E-state index contributed by atoms with van der Waals surface area (Å²) in [6.45, 7) is 5.10. The van der Waals surface area contributed by atoms with E-state index >= 15 is 0 Å². The van der Waals surface area contributed by atoms with Crippen LogP contribution in [-0.4, -0.2) is 39.7 Å². The van der Waals surface area contributed by atoms with Gasteiger partial charge in [-0.1, -0.05) is 36.4 Å². The molecule has 0 bridgehead atoms. The van der Waals surface area contributed by atoms with Crippen molar-refractivity contribution in [3.63, 3.8) is 0 Å². The number of nitrogens with one attached hydrogen (secondary N) is 1. The number of anilines is 1. The van der Waals surface area contributed by atoms with Crippen LogP contribution in [0.5, 0.6) is 11.5 Å². The lowest BCUT2D eigenvalue weighted by atomic mass is 10.2. The highest BCUT2D eigenvalue weighted by atomic mass is 32.2. The fraction of sp³-hybridized carbons (Fsp3) is 0.292. The summed E-state index contributed by atoms with van der Waals surface area (Å²) < 4.78 is 12.7. The Balaban J connectivity index is 1.38. The van der Waals surface area contributed by atoms with E-state index in [2.05, 4.69) is 12.2 Å². The molecule has 2 aliphatic rings. The van der Waals surface area contributed by atoms with Gasteiger partial charge in [-0.3, -0.25) is 14.2 Å². The molecule has 3 heterocycles. The lowest BCUT2D eigenvalue weighted by Crippen LogP contribution is -2.24. The zero-order chi connectivity index (χ0) is 22.9. The molecule has 7 nitrogen and oxygen atoms in total. The van der Waals surface area contributed by atoms with Gasteiger partial charge in [-0.15, -0.1) is 11.8 Å². The maximum Gasteiger partial charge on any atom is 0.272 e. The van der Waals surface area contributed by atoms with Crippen LogP contribution >= 0.6 is 23.5 Å². The van der Waals surface area contributed by atoms with Gasteiger partial charge in [0.15, 0.2) is 16.7 Å². The number of benzene rings is 2. The Morgan fingerprint density at radius 3 is 2.73 bits per heavy atom. The van der Waals surface area contributed by atoms with Gasteiger partial charge in [-0.2, -0.15) is 0 Å². The Kier molecular flexibility index (Phi) is 6.07. The van der Waals surface area contributed by atoms with Crippen molar-refractivity contribution in [1.29, 1.82) is 0 Å². The predicted molar refractivity (Wildman–Crippen MR) is 130 cm³/mol. The maximum atomic E-state index is 13.3. The predicted octanol–water partition coefficient (Wildman–Crippen LogP) is 4.08. The largest absolute Gasteiger partial charge is 0.486 e. The third kappa shape index (κ3) is 4.60. The molecule has 170 valence electrons. The summed E-state index contributed by atoms with van der Waals surface area (Å²) >= 11 is 2.83. The molecule has 1 atom stereocenters. The SMILES string of the molecule is Cc1ccc(-n2c(SCC(=O)Nc3ccc4c(c3)OCCO4)nc3c(c2=O)S[C@H](C)C3)cc1. The summed E-state index contributed by atoms with van der Waals surface area (Å²) in [7, 11) is 0. The van der Waals surface area contributed by atoms with Gasteiger partial charge >= 0.3 is 0 Å². The van der Waals surface area contributed by atoms with E-state index < -0.39 is 0 Å². The first kappa shape index (κ1) is 21.9. The van der Waals surface area contributed by atoms with E-state index in [1.807, 2.05) is 31.2 Å². The molecule has 1 aromatic heterocycles. The number of carbonyl (C=O) groups excluding carboxylic acids is 1. The van der Waals surface area contributed by atoms with E-state index in [1.165, 1.54) is 11.8 Å². The number of hydrogen-bond acceptors (Lipinski definition) is 7. The van der Waals surface area contributed by atoms with Crippen LogP contribution in [0, 0.1) is 6.92 Å². The fourth-order valence-electron chi connectivity index (χ4n) is 3.77. The average Bonchev–Trinajstić information content (AvgIpc) is 3.19. The van der Waals surface area contributed by atoms with Crippen LogP contribution in [0.25, 0.3) is 5.69 Å². The second-order valence-corrected chi connectivity index (χ2v) is 10.4. The Bertz CT molecular complexity index is 1270. The Morgan fingerprint density at radius 2 is 1.94 bits per heavy atom. The molecule has 0 spiro atoms. The highest BCUT2D eigenvalue weighted by Gasteiger charge is 2.27. The van der Waals surface area contributed by atoms with Crippen molar-refractivity contribution in [3.8, 4) is 17.2 Å². The molecule has 1 N–H and O–H groups in total. The van der Waals surface area contributed by atoms with Crippen molar-refractivity contribution in [1.82, 2.24) is 9.55 Å². The Labute approximate surface area is 199 Å². The van der Waals surface area contributed by atoms with Crippen LogP contribution < -0.4 is 20.3 Å². The number of fused-ring (bicyclic) bond motifs is 2. The summed E-state index contributed by atoms with van der Waals surface area (Å²) in [5, 5.41) is 3.72. The number of rotatable bonds is 5. The number of hydrogen-bond donors (Lipinski definition) is 1. The molecule has 1 amide bonds. The Hall–Kier alpha value is -2.91. The van der Waals surface area contributed by atoms with Gasteiger partial charge in [0.1, 0.15) is 13.2 Å². The molecule has 0 unspecified atom stereocenters. The lowest BCUT2D eigenvalue weighted by molar-refractivity contribution is -0.113. The summed E-state index contributed by atoms with van der Waals surface area (Å²) in [6.07, 6.45) is 0.751. The summed E-state index contributed by atoms with van der Waals surface area (Å²) in [5.41, 5.74) is 3.23. The first-order valence-electron chi connectivity index (χ1n) is 10.7. The smallest absolute Gasteiger partial charge is 0.272 e. The number of aryl methyl sites for hydroxylation is 1. The standard InChI is InChI=1S/C24H23N3O4S2/c1-14-3-6-17(7-4-14)27-23(29)22-18(11-15(2)33-22)26-24(27)32-13-21(28)25-16-5-8-19-20(12-16)31-10-9-30-19/h3-8,12,15H,9-11,13H2,1-2H3,(H,25,28)/t15-/m1/s1. The quantitative estimate of drug-likeness (QED) is 0.434. The van der Waals surface area contributed by atoms with Gasteiger partial charge in [-0.05, 0) is 31.2 Å². The average molecular weight is 482 g/mol. The van der Waals surface area contributed by atoms with E-state index in [9.17, 15) is 9.59 Å². The number of ether oxygens (including phenoxy) is 2. The van der Waals surface area contributed by atoms with Gasteiger partial charge in [-0.25, -0.2) is 4.98 Å². The van der Waals surface area contributed by atoms with Crippen molar-refractivity contribution < 1.29 is 14.3 Å². The first-order chi connectivity index (χ1) is 16.0. The molecule has 3 aromatic rings. The number of amides is 1. The third-order valence-corrected chi connectivity index (χ3v) is 7.49. The van der Waals surface area contributed by atoms with Crippen molar-refractivity contribution in [2.75, 3.05) is 24.3 Å². The summed E-state index contributed by atoms with van der Waals surface area (Å²) in [4.78, 5) is 31.5. The molecule has 9 heteroatoms. The zero-order valence-corrected chi connectivity index (χ0v) is 19.9. The minimum atomic E-state index is -0.190. The minimum absolute atomic E-state index is 0.0760. The lowest BCUT2D eigenvalue weighted by Gasteiger charge is -2.19. The van der Waals surface area contributed by atoms with E-state index in [0.717, 1.165) is 23.4 Å². The van der Waals surface area contributed by atoms with E-state index in [1.54, 1.807) is 34.5 Å². The number of thioether (sulfide) groups is 2. The molecule has 2 aliphatic heterocycles. The van der Waals surface area contributed by atoms with Crippen LogP contribution in [0.4, 0.5) is 5.69 Å². The summed E-state index contributed by atoms with van der Waals surface area (Å²) in [6, 6.07) is 13.1. The van der Waals surface area contributed by atoms with Crippen molar-refractivity contribution >= 4 is 35.1 Å². The molecule has 33 heavy (non-hydrogen) atoms. The normalized spacial score (nSPS) is 16.4. The van der Waals surface area contributed by atoms with Gasteiger partial charge in [0.25, 0.3) is 5.56 Å². The minimum Gasteiger partial charge on any atom is -0.486 e. The molecule has 0 saturated heterocycles. The van der Waals surface area contributed by atoms with Crippen molar-refractivity contribution in [2.45, 2.75) is 35.6 Å². The molecule has 0 fully saturated rings. The van der Waals surface area contributed by atoms with Gasteiger partial charge < -0.3 is 14.8 Å². The van der Waals surface area contributed by atoms with Crippen molar-refractivity contribution in [2.24, 2.45) is 0 Å². The highest BCUT2D eigenvalue weighted by molar-refractivity contribution is 8.00. The molecule has 0 saturated carbocycles. The van der Waals surface area contributed by atoms with Crippen molar-refractivity contribution in [3.05, 3.63) is 64.1 Å². The van der Waals surface area contributed by atoms with E-state index in [0.29, 0.717) is 45.7 Å². The molecule has 0 radical (unpaired) electrons. The molecular weight excluding hydrogens is 458 g/mol. The zero-order valence-electron chi connectivity index (χ0n) is 18.3. The van der Waals surface area contributed by atoms with E-state index in [4.69, 9.17) is 14.5 Å². The number of carbonyl (C=O) groups is 1. The monoisotopic (exact) mass is 481 g/mol. The Morgan fingerprint density at radius 1 is 1.18 bits per heavy atom. The second-order valence-electron chi connectivity index (χ2n) is 7.97. The van der Waals surface area contributed by atoms with Crippen LogP contribution in [0.15, 0.2) is 57.3 Å². The van der Waals surface area contributed by atoms with Crippen LogP contribution in [0.3, 0.4) is 0 Å². The summed E-state index contributed by atoms with van der Waals surface area (Å²) in [5.74, 6) is 1.22.